The molecule has 1 heterocycles. The molecule has 14 heavy (non-hydrogen) atoms. The van der Waals surface area contributed by atoms with Crippen molar-refractivity contribution < 1.29 is 0 Å². The lowest BCUT2D eigenvalue weighted by atomic mass is 10.1. The summed E-state index contributed by atoms with van der Waals surface area (Å²) < 4.78 is 1.15. The molecule has 1 aromatic carbocycles. The van der Waals surface area contributed by atoms with Crippen molar-refractivity contribution in [2.75, 3.05) is 19.6 Å². The van der Waals surface area contributed by atoms with Gasteiger partial charge >= 0.3 is 0 Å². The van der Waals surface area contributed by atoms with E-state index in [-0.39, 0.29) is 0 Å². The zero-order valence-electron chi connectivity index (χ0n) is 8.09. The lowest BCUT2D eigenvalue weighted by Gasteiger charge is -2.28. The number of hydrogen-bond donors (Lipinski definition) is 2. The maximum absolute atomic E-state index is 3.51. The van der Waals surface area contributed by atoms with Gasteiger partial charge in [-0.25, -0.2) is 0 Å². The summed E-state index contributed by atoms with van der Waals surface area (Å²) in [6.45, 7) is 3.33. The zero-order chi connectivity index (χ0) is 9.80. The Labute approximate surface area is 93.2 Å². The lowest BCUT2D eigenvalue weighted by Crippen LogP contribution is -2.55. The van der Waals surface area contributed by atoms with E-state index in [1.54, 1.807) is 0 Å². The first-order chi connectivity index (χ1) is 6.84. The van der Waals surface area contributed by atoms with Crippen LogP contribution in [0.1, 0.15) is 5.56 Å². The van der Waals surface area contributed by atoms with Crippen LogP contribution in [0, 0.1) is 0 Å². The van der Waals surface area contributed by atoms with Gasteiger partial charge in [0.1, 0.15) is 0 Å². The highest BCUT2D eigenvalue weighted by atomic mass is 79.9. The molecule has 1 aliphatic rings. The molecule has 1 fully saturated rings. The first-order valence-electron chi connectivity index (χ1n) is 5.03. The first kappa shape index (κ1) is 10.1. The molecular formula is C11H15BrN2. The van der Waals surface area contributed by atoms with E-state index in [9.17, 15) is 0 Å². The highest BCUT2D eigenvalue weighted by molar-refractivity contribution is 9.10. The Bertz CT molecular complexity index is 280. The number of benzene rings is 1. The average molecular weight is 255 g/mol. The molecule has 0 bridgehead atoms. The second kappa shape index (κ2) is 4.91. The smallest absolute Gasteiger partial charge is 0.0317 e. The van der Waals surface area contributed by atoms with Crippen molar-refractivity contribution in [2.24, 2.45) is 0 Å². The summed E-state index contributed by atoms with van der Waals surface area (Å²) in [7, 11) is 0. The normalized spacial score (nSPS) is 16.6. The summed E-state index contributed by atoms with van der Waals surface area (Å²) in [6, 6.07) is 9.24. The van der Waals surface area contributed by atoms with Crippen molar-refractivity contribution in [3.63, 3.8) is 0 Å². The topological polar surface area (TPSA) is 24.1 Å². The molecule has 0 unspecified atom stereocenters. The van der Waals surface area contributed by atoms with Gasteiger partial charge in [0.2, 0.25) is 0 Å². The van der Waals surface area contributed by atoms with Gasteiger partial charge in [-0.05, 0) is 30.7 Å². The molecule has 0 aliphatic carbocycles. The molecule has 2 rings (SSSR count). The van der Waals surface area contributed by atoms with Crippen LogP contribution in [0.25, 0.3) is 0 Å². The molecule has 2 N–H and O–H groups in total. The molecule has 0 spiro atoms. The molecular weight excluding hydrogens is 240 g/mol. The molecule has 1 saturated heterocycles. The predicted octanol–water partition coefficient (Wildman–Crippen LogP) is 1.55. The third-order valence-electron chi connectivity index (χ3n) is 2.54. The van der Waals surface area contributed by atoms with Gasteiger partial charge in [0.25, 0.3) is 0 Å². The van der Waals surface area contributed by atoms with Crippen LogP contribution < -0.4 is 10.6 Å². The third kappa shape index (κ3) is 2.80. The van der Waals surface area contributed by atoms with E-state index >= 15 is 0 Å². The second-order valence-electron chi connectivity index (χ2n) is 3.69. The van der Waals surface area contributed by atoms with E-state index in [1.807, 2.05) is 0 Å². The fraction of sp³-hybridized carbons (Fsp3) is 0.455. The van der Waals surface area contributed by atoms with Gasteiger partial charge in [-0.3, -0.25) is 0 Å². The molecule has 2 nitrogen and oxygen atoms in total. The quantitative estimate of drug-likeness (QED) is 0.853. The highest BCUT2D eigenvalue weighted by Crippen LogP contribution is 2.10. The molecule has 1 aromatic rings. The van der Waals surface area contributed by atoms with Gasteiger partial charge in [-0.1, -0.05) is 28.1 Å². The molecule has 0 aromatic heterocycles. The van der Waals surface area contributed by atoms with Crippen LogP contribution in [-0.2, 0) is 6.42 Å². The summed E-state index contributed by atoms with van der Waals surface area (Å²) in [6.07, 6.45) is 1.11. The first-order valence-corrected chi connectivity index (χ1v) is 5.82. The summed E-state index contributed by atoms with van der Waals surface area (Å²) in [5.74, 6) is 0. The Kier molecular flexibility index (Phi) is 3.56. The Morgan fingerprint density at radius 3 is 2.57 bits per heavy atom. The molecule has 0 radical (unpaired) electrons. The van der Waals surface area contributed by atoms with Gasteiger partial charge in [0, 0.05) is 23.6 Å². The minimum atomic E-state index is 0.699. The molecule has 0 saturated carbocycles. The number of nitrogens with one attached hydrogen (secondary N) is 2. The minimum Gasteiger partial charge on any atom is -0.314 e. The van der Waals surface area contributed by atoms with Crippen LogP contribution in [0.5, 0.6) is 0 Å². The number of halogens is 1. The summed E-state index contributed by atoms with van der Waals surface area (Å²) in [4.78, 5) is 0. The van der Waals surface area contributed by atoms with E-state index in [0.717, 1.165) is 30.5 Å². The van der Waals surface area contributed by atoms with Crippen LogP contribution in [-0.4, -0.2) is 25.7 Å². The number of rotatable bonds is 4. The van der Waals surface area contributed by atoms with Crippen LogP contribution in [0.2, 0.25) is 0 Å². The predicted molar refractivity (Wildman–Crippen MR) is 62.5 cm³/mol. The van der Waals surface area contributed by atoms with Crippen LogP contribution in [0.4, 0.5) is 0 Å². The van der Waals surface area contributed by atoms with E-state index in [2.05, 4.69) is 50.8 Å². The SMILES string of the molecule is Brc1ccc(CCNC2CNC2)cc1. The maximum Gasteiger partial charge on any atom is 0.0317 e. The molecule has 0 atom stereocenters. The summed E-state index contributed by atoms with van der Waals surface area (Å²) in [5, 5.41) is 6.76. The van der Waals surface area contributed by atoms with Gasteiger partial charge in [-0.15, -0.1) is 0 Å². The Morgan fingerprint density at radius 2 is 2.00 bits per heavy atom. The van der Waals surface area contributed by atoms with Gasteiger partial charge in [0.05, 0.1) is 0 Å². The van der Waals surface area contributed by atoms with Crippen LogP contribution >= 0.6 is 15.9 Å². The summed E-state index contributed by atoms with van der Waals surface area (Å²) in [5.41, 5.74) is 1.40. The van der Waals surface area contributed by atoms with Crippen LogP contribution in [0.3, 0.4) is 0 Å². The van der Waals surface area contributed by atoms with E-state index < -0.39 is 0 Å². The Balaban J connectivity index is 1.71. The van der Waals surface area contributed by atoms with Crippen molar-refractivity contribution in [1.82, 2.24) is 10.6 Å². The lowest BCUT2D eigenvalue weighted by molar-refractivity contribution is 0.369. The minimum absolute atomic E-state index is 0.699. The van der Waals surface area contributed by atoms with Crippen molar-refractivity contribution in [3.8, 4) is 0 Å². The molecule has 0 amide bonds. The zero-order valence-corrected chi connectivity index (χ0v) is 9.68. The average Bonchev–Trinajstić information content (AvgIpc) is 2.12. The monoisotopic (exact) mass is 254 g/mol. The largest absolute Gasteiger partial charge is 0.314 e. The van der Waals surface area contributed by atoms with E-state index in [1.165, 1.54) is 5.56 Å². The number of hydrogen-bond acceptors (Lipinski definition) is 2. The van der Waals surface area contributed by atoms with Gasteiger partial charge < -0.3 is 10.6 Å². The Morgan fingerprint density at radius 1 is 1.29 bits per heavy atom. The van der Waals surface area contributed by atoms with E-state index in [4.69, 9.17) is 0 Å². The highest BCUT2D eigenvalue weighted by Gasteiger charge is 2.14. The standard InChI is InChI=1S/C11H15BrN2/c12-10-3-1-9(2-4-10)5-6-14-11-7-13-8-11/h1-4,11,13-14H,5-8H2. The molecule has 76 valence electrons. The van der Waals surface area contributed by atoms with Crippen molar-refractivity contribution >= 4 is 15.9 Å². The van der Waals surface area contributed by atoms with Crippen molar-refractivity contribution in [3.05, 3.63) is 34.3 Å². The van der Waals surface area contributed by atoms with Gasteiger partial charge in [-0.2, -0.15) is 0 Å². The summed E-state index contributed by atoms with van der Waals surface area (Å²) >= 11 is 3.43. The van der Waals surface area contributed by atoms with Crippen LogP contribution in [0.15, 0.2) is 28.7 Å². The second-order valence-corrected chi connectivity index (χ2v) is 4.60. The van der Waals surface area contributed by atoms with Crippen molar-refractivity contribution in [1.29, 1.82) is 0 Å². The molecule has 1 aliphatic heterocycles. The Hall–Kier alpha value is -0.380. The molecule has 3 heteroatoms. The van der Waals surface area contributed by atoms with E-state index in [0.29, 0.717) is 6.04 Å². The third-order valence-corrected chi connectivity index (χ3v) is 3.07. The fourth-order valence-electron chi connectivity index (χ4n) is 1.50. The fourth-order valence-corrected chi connectivity index (χ4v) is 1.77. The van der Waals surface area contributed by atoms with Gasteiger partial charge in [0.15, 0.2) is 0 Å². The van der Waals surface area contributed by atoms with Crippen molar-refractivity contribution in [2.45, 2.75) is 12.5 Å². The maximum atomic E-state index is 3.51.